The van der Waals surface area contributed by atoms with E-state index < -0.39 is 0 Å². The number of aryl methyl sites for hydroxylation is 2. The molecule has 0 unspecified atom stereocenters. The molecule has 1 saturated heterocycles. The van der Waals surface area contributed by atoms with Gasteiger partial charge in [-0.05, 0) is 44.2 Å². The highest BCUT2D eigenvalue weighted by Crippen LogP contribution is 2.19. The minimum atomic E-state index is -0.207. The Labute approximate surface area is 151 Å². The lowest BCUT2D eigenvalue weighted by Gasteiger charge is -2.36. The van der Waals surface area contributed by atoms with Gasteiger partial charge in [-0.2, -0.15) is 10.1 Å². The Morgan fingerprint density at radius 1 is 0.923 bits per heavy atom. The zero-order valence-electron chi connectivity index (χ0n) is 14.9. The molecule has 1 aliphatic rings. The van der Waals surface area contributed by atoms with Crippen molar-refractivity contribution in [3.05, 3.63) is 59.8 Å². The maximum absolute atomic E-state index is 13.1. The number of rotatable bonds is 3. The van der Waals surface area contributed by atoms with Crippen molar-refractivity contribution >= 4 is 11.6 Å². The highest BCUT2D eigenvalue weighted by atomic mass is 19.1. The SMILES string of the molecule is Cc1cc(C)n(-c2ccnc(N3CCN(c4ccc(F)cc4)CC3)n2)n1. The average molecular weight is 352 g/mol. The number of anilines is 2. The smallest absolute Gasteiger partial charge is 0.227 e. The van der Waals surface area contributed by atoms with Gasteiger partial charge in [-0.3, -0.25) is 0 Å². The predicted molar refractivity (Wildman–Crippen MR) is 99.5 cm³/mol. The van der Waals surface area contributed by atoms with Crippen molar-refractivity contribution in [1.29, 1.82) is 0 Å². The van der Waals surface area contributed by atoms with Crippen molar-refractivity contribution < 1.29 is 4.39 Å². The summed E-state index contributed by atoms with van der Waals surface area (Å²) in [4.78, 5) is 13.6. The summed E-state index contributed by atoms with van der Waals surface area (Å²) < 4.78 is 14.9. The Bertz CT molecular complexity index is 897. The Hall–Kier alpha value is -2.96. The van der Waals surface area contributed by atoms with E-state index in [0.717, 1.165) is 49.1 Å². The molecular weight excluding hydrogens is 331 g/mol. The first-order chi connectivity index (χ1) is 12.6. The maximum atomic E-state index is 13.1. The van der Waals surface area contributed by atoms with Gasteiger partial charge in [-0.1, -0.05) is 0 Å². The van der Waals surface area contributed by atoms with Gasteiger partial charge in [0.1, 0.15) is 5.82 Å². The number of halogens is 1. The van der Waals surface area contributed by atoms with E-state index in [-0.39, 0.29) is 5.82 Å². The van der Waals surface area contributed by atoms with Gasteiger partial charge < -0.3 is 9.80 Å². The van der Waals surface area contributed by atoms with E-state index >= 15 is 0 Å². The predicted octanol–water partition coefficient (Wildman–Crippen LogP) is 2.74. The fraction of sp³-hybridized carbons (Fsp3) is 0.316. The first kappa shape index (κ1) is 16.5. The van der Waals surface area contributed by atoms with Crippen LogP contribution in [0.1, 0.15) is 11.4 Å². The fourth-order valence-corrected chi connectivity index (χ4v) is 3.29. The van der Waals surface area contributed by atoms with Crippen LogP contribution >= 0.6 is 0 Å². The summed E-state index contributed by atoms with van der Waals surface area (Å²) in [6.45, 7) is 7.32. The molecule has 1 fully saturated rings. The molecule has 3 aromatic rings. The molecule has 3 heterocycles. The van der Waals surface area contributed by atoms with Crippen LogP contribution in [0.3, 0.4) is 0 Å². The van der Waals surface area contributed by atoms with Crippen LogP contribution in [0.2, 0.25) is 0 Å². The Balaban J connectivity index is 1.48. The monoisotopic (exact) mass is 352 g/mol. The van der Waals surface area contributed by atoms with Crippen LogP contribution in [0.25, 0.3) is 5.82 Å². The molecule has 1 aliphatic heterocycles. The maximum Gasteiger partial charge on any atom is 0.227 e. The molecular formula is C19H21FN6. The zero-order chi connectivity index (χ0) is 18.1. The van der Waals surface area contributed by atoms with Crippen LogP contribution in [0.5, 0.6) is 0 Å². The molecule has 0 amide bonds. The van der Waals surface area contributed by atoms with Gasteiger partial charge >= 0.3 is 0 Å². The summed E-state index contributed by atoms with van der Waals surface area (Å²) in [5.74, 6) is 1.29. The number of nitrogens with zero attached hydrogens (tertiary/aromatic N) is 6. The van der Waals surface area contributed by atoms with Gasteiger partial charge in [-0.25, -0.2) is 14.1 Å². The van der Waals surface area contributed by atoms with Crippen LogP contribution < -0.4 is 9.80 Å². The van der Waals surface area contributed by atoms with Gasteiger partial charge in [0.05, 0.1) is 5.69 Å². The molecule has 0 bridgehead atoms. The number of hydrogen-bond donors (Lipinski definition) is 0. The van der Waals surface area contributed by atoms with E-state index in [9.17, 15) is 4.39 Å². The van der Waals surface area contributed by atoms with Gasteiger partial charge in [0, 0.05) is 49.8 Å². The summed E-state index contributed by atoms with van der Waals surface area (Å²) in [5, 5.41) is 4.49. The number of benzene rings is 1. The zero-order valence-corrected chi connectivity index (χ0v) is 14.9. The summed E-state index contributed by atoms with van der Waals surface area (Å²) in [5.41, 5.74) is 3.06. The topological polar surface area (TPSA) is 50.1 Å². The quantitative estimate of drug-likeness (QED) is 0.725. The van der Waals surface area contributed by atoms with E-state index in [2.05, 4.69) is 19.9 Å². The molecule has 0 spiro atoms. The van der Waals surface area contributed by atoms with Gasteiger partial charge in [0.25, 0.3) is 0 Å². The molecule has 4 rings (SSSR count). The molecule has 0 aliphatic carbocycles. The minimum absolute atomic E-state index is 0.207. The van der Waals surface area contributed by atoms with Crippen molar-refractivity contribution in [1.82, 2.24) is 19.7 Å². The standard InChI is InChI=1S/C19H21FN6/c1-14-13-15(2)26(23-14)18-7-8-21-19(22-18)25-11-9-24(10-12-25)17-5-3-16(20)4-6-17/h3-8,13H,9-12H2,1-2H3. The molecule has 0 N–H and O–H groups in total. The summed E-state index contributed by atoms with van der Waals surface area (Å²) >= 11 is 0. The molecule has 2 aromatic heterocycles. The van der Waals surface area contributed by atoms with Crippen LogP contribution in [0.15, 0.2) is 42.6 Å². The van der Waals surface area contributed by atoms with E-state index in [0.29, 0.717) is 5.95 Å². The Morgan fingerprint density at radius 2 is 1.62 bits per heavy atom. The molecule has 134 valence electrons. The van der Waals surface area contributed by atoms with Crippen molar-refractivity contribution in [2.24, 2.45) is 0 Å². The highest BCUT2D eigenvalue weighted by Gasteiger charge is 2.20. The second-order valence-corrected chi connectivity index (χ2v) is 6.50. The van der Waals surface area contributed by atoms with Crippen LogP contribution in [0.4, 0.5) is 16.0 Å². The van der Waals surface area contributed by atoms with Crippen molar-refractivity contribution in [2.75, 3.05) is 36.0 Å². The lowest BCUT2D eigenvalue weighted by Crippen LogP contribution is -2.47. The Kier molecular flexibility index (Phi) is 4.28. The molecule has 0 radical (unpaired) electrons. The third-order valence-corrected chi connectivity index (χ3v) is 4.61. The average Bonchev–Trinajstić information content (AvgIpc) is 3.01. The largest absolute Gasteiger partial charge is 0.368 e. The highest BCUT2D eigenvalue weighted by molar-refractivity contribution is 5.48. The minimum Gasteiger partial charge on any atom is -0.368 e. The summed E-state index contributed by atoms with van der Waals surface area (Å²) in [6, 6.07) is 10.6. The lowest BCUT2D eigenvalue weighted by molar-refractivity contribution is 0.622. The van der Waals surface area contributed by atoms with Crippen molar-refractivity contribution in [2.45, 2.75) is 13.8 Å². The lowest BCUT2D eigenvalue weighted by atomic mass is 10.2. The van der Waals surface area contributed by atoms with Gasteiger partial charge in [-0.15, -0.1) is 0 Å². The van der Waals surface area contributed by atoms with E-state index in [1.165, 1.54) is 12.1 Å². The second-order valence-electron chi connectivity index (χ2n) is 6.50. The Morgan fingerprint density at radius 3 is 2.27 bits per heavy atom. The second kappa shape index (κ2) is 6.74. The van der Waals surface area contributed by atoms with E-state index in [1.807, 2.05) is 42.8 Å². The normalized spacial score (nSPS) is 14.7. The molecule has 1 aromatic carbocycles. The van der Waals surface area contributed by atoms with Crippen LogP contribution in [0, 0.1) is 19.7 Å². The first-order valence-corrected chi connectivity index (χ1v) is 8.72. The van der Waals surface area contributed by atoms with Crippen LogP contribution in [-0.2, 0) is 0 Å². The first-order valence-electron chi connectivity index (χ1n) is 8.72. The number of piperazine rings is 1. The molecule has 0 atom stereocenters. The number of aromatic nitrogens is 4. The van der Waals surface area contributed by atoms with Gasteiger partial charge in [0.15, 0.2) is 5.82 Å². The summed E-state index contributed by atoms with van der Waals surface area (Å²) in [7, 11) is 0. The van der Waals surface area contributed by atoms with Crippen molar-refractivity contribution in [3.8, 4) is 5.82 Å². The van der Waals surface area contributed by atoms with E-state index in [4.69, 9.17) is 4.98 Å². The van der Waals surface area contributed by atoms with Gasteiger partial charge in [0.2, 0.25) is 5.95 Å². The van der Waals surface area contributed by atoms with E-state index in [1.54, 1.807) is 6.20 Å². The fourth-order valence-electron chi connectivity index (χ4n) is 3.29. The van der Waals surface area contributed by atoms with Crippen LogP contribution in [-0.4, -0.2) is 45.9 Å². The molecule has 0 saturated carbocycles. The third kappa shape index (κ3) is 3.24. The molecule has 26 heavy (non-hydrogen) atoms. The molecule has 6 nitrogen and oxygen atoms in total. The summed E-state index contributed by atoms with van der Waals surface area (Å²) in [6.07, 6.45) is 1.78. The van der Waals surface area contributed by atoms with Crippen molar-refractivity contribution in [3.63, 3.8) is 0 Å². The molecule has 7 heteroatoms. The number of hydrogen-bond acceptors (Lipinski definition) is 5. The third-order valence-electron chi connectivity index (χ3n) is 4.61.